The van der Waals surface area contributed by atoms with Crippen LogP contribution in [0.15, 0.2) is 0 Å². The van der Waals surface area contributed by atoms with Gasteiger partial charge in [0.25, 0.3) is 10.1 Å². The van der Waals surface area contributed by atoms with Gasteiger partial charge in [0, 0.05) is 0 Å². The van der Waals surface area contributed by atoms with Gasteiger partial charge >= 0.3 is 0 Å². The lowest BCUT2D eigenvalue weighted by molar-refractivity contribution is 0.147. The van der Waals surface area contributed by atoms with Gasteiger partial charge in [0.1, 0.15) is 0 Å². The molecule has 0 radical (unpaired) electrons. The maximum atomic E-state index is 11.4. The summed E-state index contributed by atoms with van der Waals surface area (Å²) >= 11 is 0. The Morgan fingerprint density at radius 3 is 1.86 bits per heavy atom. The van der Waals surface area contributed by atoms with Crippen LogP contribution in [0.25, 0.3) is 0 Å². The third kappa shape index (κ3) is 12.1. The van der Waals surface area contributed by atoms with E-state index in [2.05, 4.69) is 13.8 Å². The van der Waals surface area contributed by atoms with Crippen molar-refractivity contribution < 1.29 is 18.1 Å². The quantitative estimate of drug-likeness (QED) is 0.369. The Morgan fingerprint density at radius 1 is 0.762 bits per heavy atom. The minimum Gasteiger partial charge on any atom is -0.393 e. The summed E-state index contributed by atoms with van der Waals surface area (Å²) in [5.74, 6) is 0. The van der Waals surface area contributed by atoms with E-state index in [9.17, 15) is 18.1 Å². The van der Waals surface area contributed by atoms with Crippen molar-refractivity contribution in [2.75, 3.05) is 0 Å². The van der Waals surface area contributed by atoms with E-state index in [1.165, 1.54) is 6.42 Å². The first-order valence-corrected chi connectivity index (χ1v) is 10.1. The molecule has 0 spiro atoms. The van der Waals surface area contributed by atoms with Gasteiger partial charge in [0.15, 0.2) is 0 Å². The first kappa shape index (κ1) is 20.9. The fourth-order valence-corrected chi connectivity index (χ4v) is 3.47. The van der Waals surface area contributed by atoms with E-state index in [-0.39, 0.29) is 0 Å². The summed E-state index contributed by atoms with van der Waals surface area (Å²) in [6.45, 7) is 4.25. The molecule has 0 fully saturated rings. The maximum Gasteiger partial charge on any atom is 0.267 e. The summed E-state index contributed by atoms with van der Waals surface area (Å²) in [6.07, 6.45) is 10.1. The molecule has 5 heteroatoms. The smallest absolute Gasteiger partial charge is 0.267 e. The van der Waals surface area contributed by atoms with Gasteiger partial charge in [-0.05, 0) is 25.7 Å². The summed E-state index contributed by atoms with van der Waals surface area (Å²) in [6, 6.07) is 0. The second kappa shape index (κ2) is 12.4. The molecule has 0 aromatic heterocycles. The van der Waals surface area contributed by atoms with Crippen LogP contribution in [0.5, 0.6) is 0 Å². The molecule has 0 saturated heterocycles. The third-order valence-corrected chi connectivity index (χ3v) is 5.33. The van der Waals surface area contributed by atoms with Gasteiger partial charge in [0.05, 0.1) is 11.4 Å². The van der Waals surface area contributed by atoms with Gasteiger partial charge in [-0.15, -0.1) is 0 Å². The van der Waals surface area contributed by atoms with Crippen LogP contribution in [0.1, 0.15) is 90.9 Å². The molecule has 0 saturated carbocycles. The van der Waals surface area contributed by atoms with Crippen LogP contribution < -0.4 is 0 Å². The Balaban J connectivity index is 4.02. The van der Waals surface area contributed by atoms with Crippen molar-refractivity contribution in [2.24, 2.45) is 0 Å². The number of aliphatic hydroxyl groups is 1. The van der Waals surface area contributed by atoms with E-state index < -0.39 is 21.5 Å². The monoisotopic (exact) mass is 322 g/mol. The fourth-order valence-electron chi connectivity index (χ4n) is 2.57. The Morgan fingerprint density at radius 2 is 1.29 bits per heavy atom. The van der Waals surface area contributed by atoms with Crippen molar-refractivity contribution >= 4 is 10.1 Å². The molecule has 0 aromatic rings. The summed E-state index contributed by atoms with van der Waals surface area (Å²) in [7, 11) is -3.99. The van der Waals surface area contributed by atoms with E-state index in [0.29, 0.717) is 19.3 Å². The minimum atomic E-state index is -3.99. The second-order valence-electron chi connectivity index (χ2n) is 6.07. The summed E-state index contributed by atoms with van der Waals surface area (Å²) in [5.41, 5.74) is 0. The van der Waals surface area contributed by atoms with Crippen LogP contribution in [-0.2, 0) is 10.1 Å². The highest BCUT2D eigenvalue weighted by molar-refractivity contribution is 7.86. The number of hydrogen-bond acceptors (Lipinski definition) is 3. The summed E-state index contributed by atoms with van der Waals surface area (Å²) < 4.78 is 32.1. The number of unbranched alkanes of at least 4 members (excludes halogenated alkanes) is 6. The van der Waals surface area contributed by atoms with Gasteiger partial charge in [-0.3, -0.25) is 4.55 Å². The molecule has 2 atom stereocenters. The van der Waals surface area contributed by atoms with Gasteiger partial charge < -0.3 is 5.11 Å². The van der Waals surface area contributed by atoms with Crippen LogP contribution in [0.2, 0.25) is 0 Å². The molecule has 0 bridgehead atoms. The Kier molecular flexibility index (Phi) is 12.3. The first-order chi connectivity index (χ1) is 9.91. The van der Waals surface area contributed by atoms with E-state index in [1.54, 1.807) is 0 Å². The lowest BCUT2D eigenvalue weighted by atomic mass is 10.0. The zero-order chi connectivity index (χ0) is 16.1. The van der Waals surface area contributed by atoms with Crippen molar-refractivity contribution in [3.8, 4) is 0 Å². The SMILES string of the molecule is CCCCCCCC(CCC(O)CCCCC)S(=O)(=O)O. The lowest BCUT2D eigenvalue weighted by Crippen LogP contribution is -2.22. The largest absolute Gasteiger partial charge is 0.393 e. The Hall–Kier alpha value is -0.130. The standard InChI is InChI=1S/C16H34O4S/c1-3-5-7-8-10-12-16(21(18,19)20)14-13-15(17)11-9-6-4-2/h15-17H,3-14H2,1-2H3,(H,18,19,20). The predicted molar refractivity (Wildman–Crippen MR) is 88.1 cm³/mol. The van der Waals surface area contributed by atoms with Crippen molar-refractivity contribution in [1.29, 1.82) is 0 Å². The molecular weight excluding hydrogens is 288 g/mol. The molecule has 0 amide bonds. The zero-order valence-electron chi connectivity index (χ0n) is 13.8. The predicted octanol–water partition coefficient (Wildman–Crippen LogP) is 4.32. The number of aliphatic hydroxyl groups excluding tert-OH is 1. The summed E-state index contributed by atoms with van der Waals surface area (Å²) in [5, 5.41) is 9.15. The molecule has 0 aliphatic heterocycles. The van der Waals surface area contributed by atoms with Crippen LogP contribution in [0.3, 0.4) is 0 Å². The number of hydrogen-bond donors (Lipinski definition) is 2. The van der Waals surface area contributed by atoms with Gasteiger partial charge in [-0.1, -0.05) is 65.2 Å². The average Bonchev–Trinajstić information content (AvgIpc) is 2.40. The molecule has 2 unspecified atom stereocenters. The average molecular weight is 323 g/mol. The van der Waals surface area contributed by atoms with Crippen molar-refractivity contribution in [3.63, 3.8) is 0 Å². The highest BCUT2D eigenvalue weighted by atomic mass is 32.2. The van der Waals surface area contributed by atoms with Gasteiger partial charge in [-0.2, -0.15) is 8.42 Å². The molecule has 2 N–H and O–H groups in total. The van der Waals surface area contributed by atoms with Crippen molar-refractivity contribution in [3.05, 3.63) is 0 Å². The van der Waals surface area contributed by atoms with Crippen LogP contribution in [0.4, 0.5) is 0 Å². The molecule has 0 aliphatic carbocycles. The molecule has 128 valence electrons. The van der Waals surface area contributed by atoms with Crippen LogP contribution in [0, 0.1) is 0 Å². The maximum absolute atomic E-state index is 11.4. The normalized spacial score (nSPS) is 15.0. The highest BCUT2D eigenvalue weighted by Gasteiger charge is 2.23. The molecule has 0 aliphatic rings. The summed E-state index contributed by atoms with van der Waals surface area (Å²) in [4.78, 5) is 0. The topological polar surface area (TPSA) is 74.6 Å². The molecule has 21 heavy (non-hydrogen) atoms. The molecule has 0 heterocycles. The van der Waals surface area contributed by atoms with Gasteiger partial charge in [-0.25, -0.2) is 0 Å². The zero-order valence-corrected chi connectivity index (χ0v) is 14.6. The highest BCUT2D eigenvalue weighted by Crippen LogP contribution is 2.19. The lowest BCUT2D eigenvalue weighted by Gasteiger charge is -2.16. The van der Waals surface area contributed by atoms with E-state index in [1.807, 2.05) is 0 Å². The van der Waals surface area contributed by atoms with Crippen molar-refractivity contribution in [2.45, 2.75) is 102 Å². The first-order valence-electron chi connectivity index (χ1n) is 8.56. The second-order valence-corrected chi connectivity index (χ2v) is 7.76. The fraction of sp³-hybridized carbons (Fsp3) is 1.00. The van der Waals surface area contributed by atoms with Crippen molar-refractivity contribution in [1.82, 2.24) is 0 Å². The van der Waals surface area contributed by atoms with Gasteiger partial charge in [0.2, 0.25) is 0 Å². The van der Waals surface area contributed by atoms with E-state index in [4.69, 9.17) is 0 Å². The van der Waals surface area contributed by atoms with Crippen LogP contribution in [-0.4, -0.2) is 29.4 Å². The molecule has 0 aromatic carbocycles. The molecule has 4 nitrogen and oxygen atoms in total. The third-order valence-electron chi connectivity index (χ3n) is 4.01. The Labute approximate surface area is 131 Å². The Bertz CT molecular complexity index is 327. The molecule has 0 rings (SSSR count). The number of rotatable bonds is 14. The van der Waals surface area contributed by atoms with Crippen LogP contribution >= 0.6 is 0 Å². The minimum absolute atomic E-state index is 0.361. The van der Waals surface area contributed by atoms with E-state index >= 15 is 0 Å². The van der Waals surface area contributed by atoms with E-state index in [0.717, 1.165) is 51.4 Å². The molecular formula is C16H34O4S.